The Kier molecular flexibility index (Phi) is 5.71. The predicted octanol–water partition coefficient (Wildman–Crippen LogP) is 5.21. The Morgan fingerprint density at radius 2 is 1.83 bits per heavy atom. The van der Waals surface area contributed by atoms with Gasteiger partial charge in [0.25, 0.3) is 0 Å². The summed E-state index contributed by atoms with van der Waals surface area (Å²) in [6.07, 6.45) is 1.71. The molecule has 8 heteroatoms. The number of ether oxygens (including phenoxy) is 1. The lowest BCUT2D eigenvalue weighted by Crippen LogP contribution is -2.28. The molecule has 0 saturated carbocycles. The van der Waals surface area contributed by atoms with Crippen molar-refractivity contribution in [1.29, 1.82) is 0 Å². The van der Waals surface area contributed by atoms with E-state index in [1.165, 1.54) is 10.4 Å². The zero-order valence-electron chi connectivity index (χ0n) is 15.9. The Morgan fingerprint density at radius 1 is 1.07 bits per heavy atom. The van der Waals surface area contributed by atoms with Crippen LogP contribution in [0.2, 0.25) is 10.0 Å². The van der Waals surface area contributed by atoms with Crippen LogP contribution in [0.15, 0.2) is 47.4 Å². The lowest BCUT2D eigenvalue weighted by molar-refractivity contribution is 0.309. The predicted molar refractivity (Wildman–Crippen MR) is 115 cm³/mol. The van der Waals surface area contributed by atoms with Gasteiger partial charge in [0.05, 0.1) is 5.02 Å². The van der Waals surface area contributed by atoms with Crippen molar-refractivity contribution in [3.8, 4) is 5.75 Å². The average molecular weight is 451 g/mol. The fourth-order valence-electron chi connectivity index (χ4n) is 3.46. The first-order valence-corrected chi connectivity index (χ1v) is 11.5. The first kappa shape index (κ1) is 20.4. The molecule has 2 aromatic carbocycles. The Bertz CT molecular complexity index is 1180. The fraction of sp³-hybridized carbons (Fsp3) is 0.286. The van der Waals surface area contributed by atoms with Gasteiger partial charge in [-0.05, 0) is 44.0 Å². The lowest BCUT2D eigenvalue weighted by Gasteiger charge is -2.18. The molecule has 152 valence electrons. The monoisotopic (exact) mass is 450 g/mol. The number of halogens is 2. The van der Waals surface area contributed by atoms with Gasteiger partial charge in [0.1, 0.15) is 22.8 Å². The molecule has 1 aliphatic heterocycles. The summed E-state index contributed by atoms with van der Waals surface area (Å²) < 4.78 is 33.3. The molecule has 29 heavy (non-hydrogen) atoms. The number of rotatable bonds is 5. The van der Waals surface area contributed by atoms with E-state index < -0.39 is 10.0 Å². The Morgan fingerprint density at radius 3 is 2.59 bits per heavy atom. The molecule has 0 atom stereocenters. The van der Waals surface area contributed by atoms with E-state index in [9.17, 15) is 8.42 Å². The number of hydrogen-bond donors (Lipinski definition) is 0. The minimum Gasteiger partial charge on any atom is -0.487 e. The van der Waals surface area contributed by atoms with Gasteiger partial charge in [0, 0.05) is 34.8 Å². The highest BCUT2D eigenvalue weighted by atomic mass is 35.5. The number of para-hydroxylation sites is 1. The molecule has 0 radical (unpaired) electrons. The van der Waals surface area contributed by atoms with Crippen LogP contribution in [-0.2, 0) is 16.6 Å². The van der Waals surface area contributed by atoms with Crippen molar-refractivity contribution in [3.63, 3.8) is 0 Å². The van der Waals surface area contributed by atoms with Gasteiger partial charge >= 0.3 is 0 Å². The number of nitrogens with zero attached hydrogens (tertiary/aromatic N) is 2. The number of benzene rings is 2. The fourth-order valence-corrected chi connectivity index (χ4v) is 5.84. The van der Waals surface area contributed by atoms with Gasteiger partial charge in [-0.3, -0.25) is 0 Å². The molecule has 3 aromatic rings. The molecule has 1 fully saturated rings. The van der Waals surface area contributed by atoms with E-state index in [0.29, 0.717) is 29.4 Å². The van der Waals surface area contributed by atoms with Crippen molar-refractivity contribution in [2.75, 3.05) is 13.1 Å². The maximum atomic E-state index is 13.0. The van der Waals surface area contributed by atoms with E-state index in [1.54, 1.807) is 6.07 Å². The van der Waals surface area contributed by atoms with Crippen molar-refractivity contribution in [3.05, 3.63) is 63.8 Å². The van der Waals surface area contributed by atoms with E-state index in [0.717, 1.165) is 29.4 Å². The minimum absolute atomic E-state index is 0.0375. The summed E-state index contributed by atoms with van der Waals surface area (Å²) in [7, 11) is -3.66. The van der Waals surface area contributed by atoms with E-state index in [1.807, 2.05) is 37.3 Å². The number of sulfonamides is 1. The number of fused-ring (bicyclic) bond motifs is 1. The summed E-state index contributed by atoms with van der Waals surface area (Å²) in [6, 6.07) is 12.6. The SMILES string of the molecule is Cc1ccc2cccc(OCc3c(Cl)ccc(S(=O)(=O)N4CCCC4)c3Cl)c2n1. The van der Waals surface area contributed by atoms with Gasteiger partial charge in [-0.1, -0.05) is 41.4 Å². The summed E-state index contributed by atoms with van der Waals surface area (Å²) in [5.74, 6) is 0.589. The van der Waals surface area contributed by atoms with Crippen LogP contribution in [0.1, 0.15) is 24.1 Å². The van der Waals surface area contributed by atoms with Crippen LogP contribution in [0.25, 0.3) is 10.9 Å². The van der Waals surface area contributed by atoms with Crippen LogP contribution in [0.4, 0.5) is 0 Å². The van der Waals surface area contributed by atoms with Crippen LogP contribution in [0, 0.1) is 6.92 Å². The molecule has 0 spiro atoms. The Labute approximate surface area is 180 Å². The van der Waals surface area contributed by atoms with Crippen LogP contribution >= 0.6 is 23.2 Å². The molecule has 1 aliphatic rings. The highest BCUT2D eigenvalue weighted by Gasteiger charge is 2.30. The van der Waals surface area contributed by atoms with Crippen LogP contribution in [0.3, 0.4) is 0 Å². The molecule has 0 amide bonds. The largest absolute Gasteiger partial charge is 0.487 e. The highest BCUT2D eigenvalue weighted by Crippen LogP contribution is 2.35. The summed E-state index contributed by atoms with van der Waals surface area (Å²) in [6.45, 7) is 2.97. The molecule has 5 nitrogen and oxygen atoms in total. The summed E-state index contributed by atoms with van der Waals surface area (Å²) >= 11 is 12.8. The number of hydrogen-bond acceptors (Lipinski definition) is 4. The van der Waals surface area contributed by atoms with Crippen LogP contribution in [0.5, 0.6) is 5.75 Å². The van der Waals surface area contributed by atoms with Crippen molar-refractivity contribution < 1.29 is 13.2 Å². The highest BCUT2D eigenvalue weighted by molar-refractivity contribution is 7.89. The first-order chi connectivity index (χ1) is 13.9. The molecular weight excluding hydrogens is 431 g/mol. The molecule has 1 saturated heterocycles. The third-order valence-electron chi connectivity index (χ3n) is 5.03. The van der Waals surface area contributed by atoms with E-state index in [4.69, 9.17) is 27.9 Å². The summed E-state index contributed by atoms with van der Waals surface area (Å²) in [5, 5.41) is 1.42. The van der Waals surface area contributed by atoms with Gasteiger partial charge in [0.15, 0.2) is 0 Å². The van der Waals surface area contributed by atoms with Crippen molar-refractivity contribution in [2.45, 2.75) is 31.3 Å². The maximum absolute atomic E-state index is 13.0. The van der Waals surface area contributed by atoms with Gasteiger partial charge < -0.3 is 4.74 Å². The minimum atomic E-state index is -3.66. The third-order valence-corrected chi connectivity index (χ3v) is 7.87. The quantitative estimate of drug-likeness (QED) is 0.534. The lowest BCUT2D eigenvalue weighted by atomic mass is 10.2. The molecule has 4 rings (SSSR count). The molecule has 0 unspecified atom stereocenters. The van der Waals surface area contributed by atoms with Crippen molar-refractivity contribution in [2.24, 2.45) is 0 Å². The second-order valence-electron chi connectivity index (χ2n) is 7.02. The van der Waals surface area contributed by atoms with E-state index in [2.05, 4.69) is 4.98 Å². The molecule has 2 heterocycles. The standard InChI is InChI=1S/C21H20Cl2N2O3S/c1-14-7-8-15-5-4-6-18(21(15)24-14)28-13-16-17(22)9-10-19(20(16)23)29(26,27)25-11-2-3-12-25/h4-10H,2-3,11-13H2,1H3. The number of pyridine rings is 1. The zero-order valence-corrected chi connectivity index (χ0v) is 18.2. The van der Waals surface area contributed by atoms with E-state index >= 15 is 0 Å². The zero-order chi connectivity index (χ0) is 20.6. The van der Waals surface area contributed by atoms with Gasteiger partial charge in [-0.2, -0.15) is 4.31 Å². The molecule has 0 bridgehead atoms. The summed E-state index contributed by atoms with van der Waals surface area (Å²) in [4.78, 5) is 4.61. The smallest absolute Gasteiger partial charge is 0.244 e. The van der Waals surface area contributed by atoms with Gasteiger partial charge in [-0.25, -0.2) is 13.4 Å². The maximum Gasteiger partial charge on any atom is 0.244 e. The van der Waals surface area contributed by atoms with Crippen molar-refractivity contribution in [1.82, 2.24) is 9.29 Å². The van der Waals surface area contributed by atoms with Crippen molar-refractivity contribution >= 4 is 44.1 Å². The Hall–Kier alpha value is -1.86. The average Bonchev–Trinajstić information content (AvgIpc) is 3.23. The second-order valence-corrected chi connectivity index (χ2v) is 9.71. The topological polar surface area (TPSA) is 59.5 Å². The molecule has 0 aliphatic carbocycles. The van der Waals surface area contributed by atoms with Gasteiger partial charge in [-0.15, -0.1) is 0 Å². The van der Waals surface area contributed by atoms with Gasteiger partial charge in [0.2, 0.25) is 10.0 Å². The van der Waals surface area contributed by atoms with Crippen LogP contribution < -0.4 is 4.74 Å². The normalized spacial score (nSPS) is 15.1. The first-order valence-electron chi connectivity index (χ1n) is 9.34. The molecule has 0 N–H and O–H groups in total. The third kappa shape index (κ3) is 3.94. The van der Waals surface area contributed by atoms with E-state index in [-0.39, 0.29) is 16.5 Å². The molecule has 1 aromatic heterocycles. The number of aryl methyl sites for hydroxylation is 1. The van der Waals surface area contributed by atoms with Crippen LogP contribution in [-0.4, -0.2) is 30.8 Å². The number of aromatic nitrogens is 1. The Balaban J connectivity index is 1.67. The second kappa shape index (κ2) is 8.11. The summed E-state index contributed by atoms with van der Waals surface area (Å²) in [5.41, 5.74) is 2.06. The molecular formula is C21H20Cl2N2O3S.